The second kappa shape index (κ2) is 5.23. The van der Waals surface area contributed by atoms with Crippen LogP contribution in [0.3, 0.4) is 0 Å². The van der Waals surface area contributed by atoms with Crippen LogP contribution in [0.15, 0.2) is 0 Å². The van der Waals surface area contributed by atoms with Crippen LogP contribution in [0.2, 0.25) is 0 Å². The lowest BCUT2D eigenvalue weighted by Gasteiger charge is -2.37. The molecule has 0 aromatic heterocycles. The van der Waals surface area contributed by atoms with Crippen LogP contribution in [-0.2, 0) is 14.9 Å². The lowest BCUT2D eigenvalue weighted by Crippen LogP contribution is -2.45. The first kappa shape index (κ1) is 16.3. The molecular formula is C15H22F2O4S. The summed E-state index contributed by atoms with van der Waals surface area (Å²) >= 11 is 0. The van der Waals surface area contributed by atoms with Gasteiger partial charge in [-0.2, -0.15) is 17.2 Å². The quantitative estimate of drug-likeness (QED) is 0.801. The molecule has 3 fully saturated rings. The van der Waals surface area contributed by atoms with E-state index >= 15 is 0 Å². The van der Waals surface area contributed by atoms with Gasteiger partial charge in [0.05, 0.1) is 0 Å². The average Bonchev–Trinajstić information content (AvgIpc) is 3.10. The summed E-state index contributed by atoms with van der Waals surface area (Å²) in [4.78, 5) is 12.1. The third-order valence-electron chi connectivity index (χ3n) is 6.39. The predicted octanol–water partition coefficient (Wildman–Crippen LogP) is 3.13. The van der Waals surface area contributed by atoms with Crippen LogP contribution in [0, 0.1) is 35.5 Å². The van der Waals surface area contributed by atoms with Gasteiger partial charge < -0.3 is 0 Å². The Bertz CT molecular complexity index is 568. The van der Waals surface area contributed by atoms with Gasteiger partial charge in [-0.25, -0.2) is 0 Å². The smallest absolute Gasteiger partial charge is 0.291 e. The lowest BCUT2D eigenvalue weighted by molar-refractivity contribution is -0.141. The summed E-state index contributed by atoms with van der Waals surface area (Å²) in [5.74, 6) is -1.32. The van der Waals surface area contributed by atoms with Gasteiger partial charge in [-0.15, -0.1) is 0 Å². The molecule has 0 spiro atoms. The largest absolute Gasteiger partial charge is 0.426 e. The molecule has 5 atom stereocenters. The molecule has 5 unspecified atom stereocenters. The van der Waals surface area contributed by atoms with Crippen LogP contribution < -0.4 is 0 Å². The van der Waals surface area contributed by atoms with E-state index in [1.165, 1.54) is 0 Å². The first-order valence-electron chi connectivity index (χ1n) is 8.03. The molecule has 3 aliphatic carbocycles. The van der Waals surface area contributed by atoms with Crippen molar-refractivity contribution in [1.82, 2.24) is 0 Å². The van der Waals surface area contributed by atoms with Crippen molar-refractivity contribution in [3.05, 3.63) is 0 Å². The number of hydrogen-bond acceptors (Lipinski definition) is 3. The van der Waals surface area contributed by atoms with E-state index in [9.17, 15) is 22.0 Å². The molecule has 1 N–H and O–H groups in total. The van der Waals surface area contributed by atoms with Crippen LogP contribution in [-0.4, -0.2) is 24.0 Å². The summed E-state index contributed by atoms with van der Waals surface area (Å²) in [5.41, 5.74) is 0. The molecule has 3 rings (SSSR count). The fourth-order valence-electron chi connectivity index (χ4n) is 5.44. The summed E-state index contributed by atoms with van der Waals surface area (Å²) in [6.45, 7) is 2.13. The Balaban J connectivity index is 1.84. The molecule has 4 nitrogen and oxygen atoms in total. The zero-order valence-electron chi connectivity index (χ0n) is 12.5. The highest BCUT2D eigenvalue weighted by molar-refractivity contribution is 7.87. The van der Waals surface area contributed by atoms with Gasteiger partial charge in [0, 0.05) is 5.92 Å². The second-order valence-corrected chi connectivity index (χ2v) is 8.80. The first-order valence-corrected chi connectivity index (χ1v) is 9.47. The van der Waals surface area contributed by atoms with E-state index in [4.69, 9.17) is 4.55 Å². The Kier molecular flexibility index (Phi) is 3.87. The minimum atomic E-state index is -5.69. The van der Waals surface area contributed by atoms with Crippen LogP contribution in [0.1, 0.15) is 45.4 Å². The summed E-state index contributed by atoms with van der Waals surface area (Å²) in [6, 6.07) is 0. The third kappa shape index (κ3) is 2.31. The number of fused-ring (bicyclic) bond motifs is 2. The zero-order valence-corrected chi connectivity index (χ0v) is 13.4. The van der Waals surface area contributed by atoms with Gasteiger partial charge in [-0.1, -0.05) is 32.6 Å². The molecule has 0 aromatic carbocycles. The maximum absolute atomic E-state index is 13.7. The first-order chi connectivity index (χ1) is 10.1. The van der Waals surface area contributed by atoms with E-state index in [2.05, 4.69) is 6.92 Å². The van der Waals surface area contributed by atoms with Gasteiger partial charge in [-0.3, -0.25) is 9.35 Å². The second-order valence-electron chi connectivity index (χ2n) is 7.34. The van der Waals surface area contributed by atoms with Crippen LogP contribution in [0.5, 0.6) is 0 Å². The molecule has 0 aromatic rings. The molecule has 22 heavy (non-hydrogen) atoms. The Hall–Kier alpha value is -0.560. The van der Waals surface area contributed by atoms with E-state index in [1.54, 1.807) is 0 Å². The van der Waals surface area contributed by atoms with Crippen molar-refractivity contribution in [1.29, 1.82) is 0 Å². The van der Waals surface area contributed by atoms with Crippen molar-refractivity contribution in [3.8, 4) is 0 Å². The third-order valence-corrected chi connectivity index (χ3v) is 7.23. The molecule has 0 saturated heterocycles. The van der Waals surface area contributed by atoms with E-state index < -0.39 is 27.1 Å². The number of hydrogen-bond donors (Lipinski definition) is 1. The normalized spacial score (nSPS) is 39.5. The molecule has 0 aliphatic heterocycles. The lowest BCUT2D eigenvalue weighted by atomic mass is 9.67. The molecule has 7 heteroatoms. The highest BCUT2D eigenvalue weighted by Gasteiger charge is 2.62. The van der Waals surface area contributed by atoms with E-state index in [0.717, 1.165) is 32.1 Å². The van der Waals surface area contributed by atoms with Crippen LogP contribution in [0.4, 0.5) is 8.78 Å². The summed E-state index contributed by atoms with van der Waals surface area (Å²) in [6.07, 6.45) is 5.51. The number of rotatable bonds is 4. The molecule has 3 saturated carbocycles. The average molecular weight is 336 g/mol. The van der Waals surface area contributed by atoms with Gasteiger partial charge >= 0.3 is 15.4 Å². The summed E-state index contributed by atoms with van der Waals surface area (Å²) < 4.78 is 57.8. The van der Waals surface area contributed by atoms with Crippen molar-refractivity contribution in [2.45, 2.75) is 50.7 Å². The number of carbonyl (C=O) groups excluding carboxylic acids is 1. The van der Waals surface area contributed by atoms with Gasteiger partial charge in [0.2, 0.25) is 5.78 Å². The Morgan fingerprint density at radius 1 is 1.14 bits per heavy atom. The van der Waals surface area contributed by atoms with Crippen LogP contribution in [0.25, 0.3) is 0 Å². The summed E-state index contributed by atoms with van der Waals surface area (Å²) in [5, 5.41) is -4.67. The minimum absolute atomic E-state index is 0.150. The number of carbonyl (C=O) groups is 1. The Morgan fingerprint density at radius 3 is 2.23 bits per heavy atom. The highest BCUT2D eigenvalue weighted by atomic mass is 32.2. The summed E-state index contributed by atoms with van der Waals surface area (Å²) in [7, 11) is -5.69. The molecule has 0 radical (unpaired) electrons. The maximum Gasteiger partial charge on any atom is 0.426 e. The van der Waals surface area contributed by atoms with Crippen molar-refractivity contribution in [2.24, 2.45) is 35.5 Å². The standard InChI is InChI=1S/C15H22F2O4S/c1-8-10-6-11(13(8)9-4-2-3-5-9)12(7-10)14(18)15(16,17)22(19,20)21/h8-13H,2-7H2,1H3,(H,19,20,21). The van der Waals surface area contributed by atoms with Crippen molar-refractivity contribution in [2.75, 3.05) is 0 Å². The highest BCUT2D eigenvalue weighted by Crippen LogP contribution is 2.60. The van der Waals surface area contributed by atoms with Crippen molar-refractivity contribution in [3.63, 3.8) is 0 Å². The van der Waals surface area contributed by atoms with Crippen molar-refractivity contribution < 1.29 is 26.5 Å². The molecule has 3 aliphatic rings. The van der Waals surface area contributed by atoms with Gasteiger partial charge in [0.25, 0.3) is 0 Å². The number of halogens is 2. The zero-order chi connectivity index (χ0) is 16.3. The van der Waals surface area contributed by atoms with Gasteiger partial charge in [0.1, 0.15) is 0 Å². The van der Waals surface area contributed by atoms with Crippen LogP contribution >= 0.6 is 0 Å². The monoisotopic (exact) mass is 336 g/mol. The number of alkyl halides is 2. The molecule has 126 valence electrons. The topological polar surface area (TPSA) is 71.4 Å². The van der Waals surface area contributed by atoms with Crippen molar-refractivity contribution >= 4 is 15.9 Å². The van der Waals surface area contributed by atoms with Gasteiger partial charge in [-0.05, 0) is 42.4 Å². The molecule has 0 heterocycles. The van der Waals surface area contributed by atoms with E-state index in [-0.39, 0.29) is 17.8 Å². The molecular weight excluding hydrogens is 314 g/mol. The molecule has 2 bridgehead atoms. The fourth-order valence-corrected chi connectivity index (χ4v) is 5.84. The van der Waals surface area contributed by atoms with Gasteiger partial charge in [0.15, 0.2) is 0 Å². The maximum atomic E-state index is 13.7. The fraction of sp³-hybridized carbons (Fsp3) is 0.933. The van der Waals surface area contributed by atoms with E-state index in [1.807, 2.05) is 0 Å². The number of ketones is 1. The molecule has 0 amide bonds. The van der Waals surface area contributed by atoms with E-state index in [0.29, 0.717) is 18.3 Å². The number of Topliss-reactive ketones (excluding diaryl/α,β-unsaturated/α-hetero) is 1. The predicted molar refractivity (Wildman–Crippen MR) is 75.8 cm³/mol. The Labute approximate surface area is 129 Å². The SMILES string of the molecule is CC1C2CC(C(=O)C(F)(F)S(=O)(=O)O)C(C2)C1C1CCCC1. The Morgan fingerprint density at radius 2 is 1.73 bits per heavy atom. The minimum Gasteiger partial charge on any atom is -0.291 e.